The van der Waals surface area contributed by atoms with Crippen LogP contribution in [0.1, 0.15) is 12.8 Å². The van der Waals surface area contributed by atoms with E-state index in [4.69, 9.17) is 10.2 Å². The first kappa shape index (κ1) is 20.6. The minimum atomic E-state index is -0.957. The third-order valence-corrected chi connectivity index (χ3v) is 2.11. The third kappa shape index (κ3) is 15.0. The van der Waals surface area contributed by atoms with Gasteiger partial charge in [0.2, 0.25) is 11.1 Å². The zero-order chi connectivity index (χ0) is 18.2. The Morgan fingerprint density at radius 3 is 1.33 bits per heavy atom. The molecule has 2 aromatic rings. The minimum Gasteiger partial charge on any atom is -0.481 e. The Morgan fingerprint density at radius 2 is 1.17 bits per heavy atom. The highest BCUT2D eigenvalue weighted by atomic mass is 16.4. The Labute approximate surface area is 137 Å². The average Bonchev–Trinajstić information content (AvgIpc) is 2.54. The second-order valence-corrected chi connectivity index (χ2v) is 4.12. The molecule has 2 heterocycles. The number of H-pyrrole nitrogens is 2. The topological polar surface area (TPSA) is 140 Å². The van der Waals surface area contributed by atoms with Gasteiger partial charge < -0.3 is 20.2 Å². The fraction of sp³-hybridized carbons (Fsp3) is 0.125. The van der Waals surface area contributed by atoms with Crippen molar-refractivity contribution in [2.75, 3.05) is 0 Å². The summed E-state index contributed by atoms with van der Waals surface area (Å²) in [5, 5.41) is 16.2. The van der Waals surface area contributed by atoms with Gasteiger partial charge in [0.1, 0.15) is 0 Å². The predicted molar refractivity (Wildman–Crippen MR) is 87.8 cm³/mol. The van der Waals surface area contributed by atoms with Crippen molar-refractivity contribution in [3.8, 4) is 0 Å². The van der Waals surface area contributed by atoms with Crippen molar-refractivity contribution in [3.05, 3.63) is 81.7 Å². The van der Waals surface area contributed by atoms with Gasteiger partial charge in [0.05, 0.1) is 12.8 Å². The van der Waals surface area contributed by atoms with Crippen LogP contribution in [0.3, 0.4) is 0 Å². The molecule has 0 aliphatic carbocycles. The molecule has 0 fully saturated rings. The Bertz CT molecular complexity index is 650. The quantitative estimate of drug-likeness (QED) is 0.620. The largest absolute Gasteiger partial charge is 0.481 e. The number of aliphatic carboxylic acids is 2. The first-order valence-corrected chi connectivity index (χ1v) is 6.78. The van der Waals surface area contributed by atoms with E-state index < -0.39 is 11.9 Å². The van der Waals surface area contributed by atoms with Crippen molar-refractivity contribution in [1.82, 2.24) is 9.97 Å². The standard InChI is InChI=1S/C6H8O4.2C5H5NO/c7-5(8)3-1-2-4-6(9)10;2*7-5-3-1-2-4-6-5/h1-2H,3-4H2,(H,7,8)(H,9,10);2*1-4H,(H,6,7)/b2-1+;;. The van der Waals surface area contributed by atoms with E-state index in [0.717, 1.165) is 0 Å². The fourth-order valence-electron chi connectivity index (χ4n) is 1.12. The molecule has 0 aliphatic heterocycles. The lowest BCUT2D eigenvalue weighted by molar-refractivity contribution is -0.137. The molecule has 0 aromatic carbocycles. The molecule has 2 rings (SSSR count). The lowest BCUT2D eigenvalue weighted by atomic mass is 10.3. The van der Waals surface area contributed by atoms with Gasteiger partial charge in [0, 0.05) is 24.5 Å². The molecule has 128 valence electrons. The Balaban J connectivity index is 0.000000337. The first-order valence-electron chi connectivity index (χ1n) is 6.78. The van der Waals surface area contributed by atoms with Crippen molar-refractivity contribution in [3.63, 3.8) is 0 Å². The Morgan fingerprint density at radius 1 is 0.792 bits per heavy atom. The Hall–Kier alpha value is -3.42. The molecule has 0 radical (unpaired) electrons. The number of aromatic nitrogens is 2. The van der Waals surface area contributed by atoms with E-state index in [0.29, 0.717) is 0 Å². The van der Waals surface area contributed by atoms with E-state index in [9.17, 15) is 19.2 Å². The summed E-state index contributed by atoms with van der Waals surface area (Å²) in [6.45, 7) is 0. The maximum Gasteiger partial charge on any atom is 0.307 e. The lowest BCUT2D eigenvalue weighted by Gasteiger charge is -1.83. The molecule has 0 saturated heterocycles. The molecule has 0 aliphatic rings. The van der Waals surface area contributed by atoms with Crippen LogP contribution in [0.15, 0.2) is 70.5 Å². The van der Waals surface area contributed by atoms with Gasteiger partial charge >= 0.3 is 11.9 Å². The lowest BCUT2D eigenvalue weighted by Crippen LogP contribution is -1.98. The van der Waals surface area contributed by atoms with E-state index >= 15 is 0 Å². The van der Waals surface area contributed by atoms with Crippen LogP contribution in [0.25, 0.3) is 0 Å². The van der Waals surface area contributed by atoms with Crippen molar-refractivity contribution in [2.24, 2.45) is 0 Å². The zero-order valence-corrected chi connectivity index (χ0v) is 12.7. The summed E-state index contributed by atoms with van der Waals surface area (Å²) >= 11 is 0. The maximum absolute atomic E-state index is 10.2. The maximum atomic E-state index is 10.2. The Kier molecular flexibility index (Phi) is 11.4. The third-order valence-electron chi connectivity index (χ3n) is 2.11. The van der Waals surface area contributed by atoms with Gasteiger partial charge in [-0.05, 0) is 12.1 Å². The summed E-state index contributed by atoms with van der Waals surface area (Å²) in [7, 11) is 0. The number of pyridine rings is 2. The molecule has 4 N–H and O–H groups in total. The van der Waals surface area contributed by atoms with Crippen LogP contribution in [0.5, 0.6) is 0 Å². The van der Waals surface area contributed by atoms with Gasteiger partial charge in [-0.1, -0.05) is 24.3 Å². The van der Waals surface area contributed by atoms with Crippen LogP contribution in [-0.2, 0) is 9.59 Å². The van der Waals surface area contributed by atoms with E-state index in [1.54, 1.807) is 36.7 Å². The molecule has 8 nitrogen and oxygen atoms in total. The van der Waals surface area contributed by atoms with Crippen LogP contribution in [0.2, 0.25) is 0 Å². The molecule has 0 atom stereocenters. The normalized spacial score (nSPS) is 9.17. The molecule has 0 saturated carbocycles. The van der Waals surface area contributed by atoms with Crippen molar-refractivity contribution < 1.29 is 19.8 Å². The molecule has 24 heavy (non-hydrogen) atoms. The zero-order valence-electron chi connectivity index (χ0n) is 12.7. The van der Waals surface area contributed by atoms with Crippen molar-refractivity contribution in [2.45, 2.75) is 12.8 Å². The summed E-state index contributed by atoms with van der Waals surface area (Å²) in [6.07, 6.45) is 5.60. The molecule has 0 amide bonds. The highest BCUT2D eigenvalue weighted by molar-refractivity contribution is 5.70. The van der Waals surface area contributed by atoms with Gasteiger partial charge in [0.25, 0.3) is 0 Å². The number of hydrogen-bond donors (Lipinski definition) is 4. The highest BCUT2D eigenvalue weighted by Crippen LogP contribution is 1.86. The molecular weight excluding hydrogens is 316 g/mol. The number of nitrogens with one attached hydrogen (secondary N) is 2. The summed E-state index contributed by atoms with van der Waals surface area (Å²) in [5.41, 5.74) is -0.106. The number of rotatable bonds is 4. The van der Waals surface area contributed by atoms with E-state index in [-0.39, 0.29) is 24.0 Å². The number of carbonyl (C=O) groups is 2. The van der Waals surface area contributed by atoms with Crippen LogP contribution in [0.4, 0.5) is 0 Å². The van der Waals surface area contributed by atoms with E-state index in [2.05, 4.69) is 9.97 Å². The van der Waals surface area contributed by atoms with Crippen LogP contribution in [0, 0.1) is 0 Å². The van der Waals surface area contributed by atoms with Gasteiger partial charge in [-0.15, -0.1) is 0 Å². The number of carboxylic acid groups (broad SMARTS) is 2. The minimum absolute atomic E-state index is 0.0532. The van der Waals surface area contributed by atoms with E-state index in [1.165, 1.54) is 24.3 Å². The second kappa shape index (κ2) is 13.3. The fourth-order valence-corrected chi connectivity index (χ4v) is 1.12. The number of carboxylic acids is 2. The highest BCUT2D eigenvalue weighted by Gasteiger charge is 1.91. The average molecular weight is 334 g/mol. The van der Waals surface area contributed by atoms with Gasteiger partial charge in [0.15, 0.2) is 0 Å². The van der Waals surface area contributed by atoms with Crippen LogP contribution < -0.4 is 11.1 Å². The number of aromatic amines is 2. The monoisotopic (exact) mass is 334 g/mol. The summed E-state index contributed by atoms with van der Waals surface area (Å²) in [4.78, 5) is 45.1. The molecule has 0 unspecified atom stereocenters. The van der Waals surface area contributed by atoms with Crippen LogP contribution >= 0.6 is 0 Å². The SMILES string of the molecule is O=C(O)C/C=C/CC(=O)O.O=c1cccc[nH]1.O=c1cccc[nH]1. The van der Waals surface area contributed by atoms with Crippen LogP contribution in [-0.4, -0.2) is 32.1 Å². The van der Waals surface area contributed by atoms with Gasteiger partial charge in [-0.3, -0.25) is 19.2 Å². The molecular formula is C16H18N2O6. The van der Waals surface area contributed by atoms with Gasteiger partial charge in [-0.2, -0.15) is 0 Å². The van der Waals surface area contributed by atoms with Crippen molar-refractivity contribution >= 4 is 11.9 Å². The molecule has 8 heteroatoms. The molecule has 0 spiro atoms. The first-order chi connectivity index (χ1) is 11.4. The second-order valence-electron chi connectivity index (χ2n) is 4.12. The summed E-state index contributed by atoms with van der Waals surface area (Å²) in [6, 6.07) is 9.86. The molecule has 0 bridgehead atoms. The van der Waals surface area contributed by atoms with E-state index in [1.807, 2.05) is 0 Å². The summed E-state index contributed by atoms with van der Waals surface area (Å²) < 4.78 is 0. The smallest absolute Gasteiger partial charge is 0.307 e. The number of hydrogen-bond acceptors (Lipinski definition) is 4. The van der Waals surface area contributed by atoms with Gasteiger partial charge in [-0.25, -0.2) is 0 Å². The van der Waals surface area contributed by atoms with Crippen molar-refractivity contribution in [1.29, 1.82) is 0 Å². The summed E-state index contributed by atoms with van der Waals surface area (Å²) in [5.74, 6) is -1.91. The predicted octanol–water partition coefficient (Wildman–Crippen LogP) is 1.24. The molecule has 2 aromatic heterocycles.